The van der Waals surface area contributed by atoms with E-state index in [2.05, 4.69) is 5.32 Å². The summed E-state index contributed by atoms with van der Waals surface area (Å²) in [5, 5.41) is 13.6. The standard InChI is InChI=1S/C17H17N3O4/c1-18-16(21)13-9-7-12(8-10-13)11-19(2)17(22)14-5-3-4-6-15(14)20(23)24/h3-10H,11H2,1-2H3,(H,18,21). The van der Waals surface area contributed by atoms with Gasteiger partial charge in [0.1, 0.15) is 5.56 Å². The molecule has 124 valence electrons. The molecule has 0 saturated carbocycles. The van der Waals surface area contributed by atoms with Crippen LogP contribution < -0.4 is 5.32 Å². The van der Waals surface area contributed by atoms with Gasteiger partial charge in [0.25, 0.3) is 17.5 Å². The van der Waals surface area contributed by atoms with Gasteiger partial charge >= 0.3 is 0 Å². The summed E-state index contributed by atoms with van der Waals surface area (Å²) in [5.74, 6) is -0.622. The normalized spacial score (nSPS) is 10.1. The van der Waals surface area contributed by atoms with Gasteiger partial charge in [-0.15, -0.1) is 0 Å². The van der Waals surface area contributed by atoms with Crippen molar-refractivity contribution in [3.8, 4) is 0 Å². The van der Waals surface area contributed by atoms with Crippen LogP contribution in [0.4, 0.5) is 5.69 Å². The summed E-state index contributed by atoms with van der Waals surface area (Å²) in [6.07, 6.45) is 0. The third-order valence-electron chi connectivity index (χ3n) is 3.54. The monoisotopic (exact) mass is 327 g/mol. The highest BCUT2D eigenvalue weighted by Gasteiger charge is 2.22. The van der Waals surface area contributed by atoms with E-state index in [1.54, 1.807) is 44.4 Å². The van der Waals surface area contributed by atoms with E-state index >= 15 is 0 Å². The summed E-state index contributed by atoms with van der Waals surface area (Å²) in [6, 6.07) is 12.7. The summed E-state index contributed by atoms with van der Waals surface area (Å²) < 4.78 is 0. The minimum absolute atomic E-state index is 0.0481. The lowest BCUT2D eigenvalue weighted by molar-refractivity contribution is -0.385. The molecule has 7 heteroatoms. The van der Waals surface area contributed by atoms with Crippen LogP contribution in [-0.2, 0) is 6.54 Å². The Labute approximate surface area is 139 Å². The zero-order valence-corrected chi connectivity index (χ0v) is 13.4. The van der Waals surface area contributed by atoms with Crippen LogP contribution >= 0.6 is 0 Å². The molecule has 2 rings (SSSR count). The molecule has 0 bridgehead atoms. The molecule has 7 nitrogen and oxygen atoms in total. The van der Waals surface area contributed by atoms with Crippen LogP contribution in [0.1, 0.15) is 26.3 Å². The molecular weight excluding hydrogens is 310 g/mol. The molecular formula is C17H17N3O4. The van der Waals surface area contributed by atoms with Crippen LogP contribution in [0, 0.1) is 10.1 Å². The van der Waals surface area contributed by atoms with E-state index in [1.165, 1.54) is 23.1 Å². The van der Waals surface area contributed by atoms with Crippen molar-refractivity contribution in [1.29, 1.82) is 0 Å². The Hall–Kier alpha value is -3.22. The summed E-state index contributed by atoms with van der Waals surface area (Å²) in [6.45, 7) is 0.277. The molecule has 2 aromatic rings. The van der Waals surface area contributed by atoms with Crippen molar-refractivity contribution in [3.05, 3.63) is 75.3 Å². The quantitative estimate of drug-likeness (QED) is 0.673. The highest BCUT2D eigenvalue weighted by Crippen LogP contribution is 2.20. The number of benzene rings is 2. The van der Waals surface area contributed by atoms with E-state index < -0.39 is 10.8 Å². The van der Waals surface area contributed by atoms with Crippen molar-refractivity contribution in [1.82, 2.24) is 10.2 Å². The Morgan fingerprint density at radius 1 is 1.12 bits per heavy atom. The predicted molar refractivity (Wildman–Crippen MR) is 88.7 cm³/mol. The first-order valence-corrected chi connectivity index (χ1v) is 7.24. The first-order chi connectivity index (χ1) is 11.4. The Morgan fingerprint density at radius 2 is 1.75 bits per heavy atom. The average Bonchev–Trinajstić information content (AvgIpc) is 2.60. The maximum absolute atomic E-state index is 12.5. The smallest absolute Gasteiger partial charge is 0.282 e. The first kappa shape index (κ1) is 17.1. The number of amides is 2. The highest BCUT2D eigenvalue weighted by atomic mass is 16.6. The number of para-hydroxylation sites is 1. The number of hydrogen-bond donors (Lipinski definition) is 1. The van der Waals surface area contributed by atoms with Crippen molar-refractivity contribution in [3.63, 3.8) is 0 Å². The van der Waals surface area contributed by atoms with Crippen LogP contribution in [0.5, 0.6) is 0 Å². The van der Waals surface area contributed by atoms with E-state index in [0.29, 0.717) is 5.56 Å². The molecule has 0 spiro atoms. The van der Waals surface area contributed by atoms with Crippen molar-refractivity contribution in [2.75, 3.05) is 14.1 Å². The molecule has 0 aromatic heterocycles. The van der Waals surface area contributed by atoms with Gasteiger partial charge in [-0.3, -0.25) is 19.7 Å². The summed E-state index contributed by atoms with van der Waals surface area (Å²) in [7, 11) is 3.13. The van der Waals surface area contributed by atoms with Crippen molar-refractivity contribution >= 4 is 17.5 Å². The largest absolute Gasteiger partial charge is 0.355 e. The van der Waals surface area contributed by atoms with Crippen LogP contribution in [-0.4, -0.2) is 35.7 Å². The van der Waals surface area contributed by atoms with E-state index in [0.717, 1.165) is 5.56 Å². The van der Waals surface area contributed by atoms with Crippen LogP contribution in [0.15, 0.2) is 48.5 Å². The van der Waals surface area contributed by atoms with Gasteiger partial charge < -0.3 is 10.2 Å². The molecule has 24 heavy (non-hydrogen) atoms. The molecule has 0 fully saturated rings. The molecule has 0 aliphatic carbocycles. The van der Waals surface area contributed by atoms with E-state index in [4.69, 9.17) is 0 Å². The number of nitro benzene ring substituents is 1. The van der Waals surface area contributed by atoms with Gasteiger partial charge in [0.15, 0.2) is 0 Å². The lowest BCUT2D eigenvalue weighted by Crippen LogP contribution is -2.27. The summed E-state index contributed by atoms with van der Waals surface area (Å²) in [5.41, 5.74) is 1.17. The molecule has 0 heterocycles. The SMILES string of the molecule is CNC(=O)c1ccc(CN(C)C(=O)c2ccccc2[N+](=O)[O-])cc1. The molecule has 0 atom stereocenters. The maximum atomic E-state index is 12.5. The second-order valence-corrected chi connectivity index (χ2v) is 5.21. The fourth-order valence-corrected chi connectivity index (χ4v) is 2.27. The Bertz CT molecular complexity index is 772. The summed E-state index contributed by atoms with van der Waals surface area (Å²) in [4.78, 5) is 35.8. The van der Waals surface area contributed by atoms with E-state index in [-0.39, 0.29) is 23.7 Å². The highest BCUT2D eigenvalue weighted by molar-refractivity contribution is 5.98. The van der Waals surface area contributed by atoms with Crippen molar-refractivity contribution in [2.45, 2.75) is 6.54 Å². The molecule has 2 amide bonds. The Morgan fingerprint density at radius 3 is 2.33 bits per heavy atom. The zero-order chi connectivity index (χ0) is 17.7. The lowest BCUT2D eigenvalue weighted by atomic mass is 10.1. The third-order valence-corrected chi connectivity index (χ3v) is 3.54. The van der Waals surface area contributed by atoms with Crippen LogP contribution in [0.3, 0.4) is 0 Å². The zero-order valence-electron chi connectivity index (χ0n) is 13.4. The third kappa shape index (κ3) is 3.75. The number of nitrogens with one attached hydrogen (secondary N) is 1. The summed E-state index contributed by atoms with van der Waals surface area (Å²) >= 11 is 0. The molecule has 0 aliphatic rings. The first-order valence-electron chi connectivity index (χ1n) is 7.24. The molecule has 2 aromatic carbocycles. The van der Waals surface area contributed by atoms with Gasteiger partial charge in [-0.2, -0.15) is 0 Å². The van der Waals surface area contributed by atoms with E-state index in [1.807, 2.05) is 0 Å². The lowest BCUT2D eigenvalue weighted by Gasteiger charge is -2.17. The van der Waals surface area contributed by atoms with Crippen molar-refractivity contribution in [2.24, 2.45) is 0 Å². The minimum Gasteiger partial charge on any atom is -0.355 e. The Balaban J connectivity index is 2.15. The van der Waals surface area contributed by atoms with Gasteiger partial charge in [0.2, 0.25) is 0 Å². The second kappa shape index (κ2) is 7.36. The second-order valence-electron chi connectivity index (χ2n) is 5.21. The van der Waals surface area contributed by atoms with Crippen molar-refractivity contribution < 1.29 is 14.5 Å². The number of nitro groups is 1. The fourth-order valence-electron chi connectivity index (χ4n) is 2.27. The molecule has 0 saturated heterocycles. The molecule has 1 N–H and O–H groups in total. The maximum Gasteiger partial charge on any atom is 0.282 e. The number of carbonyl (C=O) groups is 2. The van der Waals surface area contributed by atoms with Gasteiger partial charge in [-0.1, -0.05) is 24.3 Å². The number of hydrogen-bond acceptors (Lipinski definition) is 4. The topological polar surface area (TPSA) is 92.6 Å². The van der Waals surface area contributed by atoms with Crippen LogP contribution in [0.25, 0.3) is 0 Å². The molecule has 0 radical (unpaired) electrons. The van der Waals surface area contributed by atoms with Gasteiger partial charge in [0.05, 0.1) is 4.92 Å². The van der Waals surface area contributed by atoms with E-state index in [9.17, 15) is 19.7 Å². The molecule has 0 unspecified atom stereocenters. The minimum atomic E-state index is -0.570. The Kier molecular flexibility index (Phi) is 5.26. The average molecular weight is 327 g/mol. The van der Waals surface area contributed by atoms with Gasteiger partial charge in [-0.25, -0.2) is 0 Å². The number of nitrogens with zero attached hydrogens (tertiary/aromatic N) is 2. The number of carbonyl (C=O) groups excluding carboxylic acids is 2. The van der Waals surface area contributed by atoms with Gasteiger partial charge in [-0.05, 0) is 23.8 Å². The fraction of sp³-hybridized carbons (Fsp3) is 0.176. The van der Waals surface area contributed by atoms with Gasteiger partial charge in [0, 0.05) is 32.3 Å². The predicted octanol–water partition coefficient (Wildman–Crippen LogP) is 2.23. The molecule has 0 aliphatic heterocycles. The van der Waals surface area contributed by atoms with Crippen LogP contribution in [0.2, 0.25) is 0 Å². The number of rotatable bonds is 5.